The van der Waals surface area contributed by atoms with E-state index < -0.39 is 5.82 Å². The number of amides is 1. The summed E-state index contributed by atoms with van der Waals surface area (Å²) in [5, 5.41) is 3.43. The van der Waals surface area contributed by atoms with Crippen molar-refractivity contribution in [1.82, 2.24) is 19.4 Å². The first-order chi connectivity index (χ1) is 16.6. The van der Waals surface area contributed by atoms with Crippen LogP contribution in [0.4, 0.5) is 4.39 Å². The Labute approximate surface area is 195 Å². The quantitative estimate of drug-likeness (QED) is 0.406. The number of rotatable bonds is 7. The van der Waals surface area contributed by atoms with Crippen molar-refractivity contribution in [2.75, 3.05) is 6.54 Å². The standard InChI is InChI=1S/C27H23FN4O2/c28-21-11-12-23-22(15-21)25-26(27(34)31(18-30-25)16-20-9-5-2-6-10-20)32(23)17-24(33)29-14-13-19-7-3-1-4-8-19/h1-12,15,18H,13-14,16-17H2,(H,29,33). The maximum Gasteiger partial charge on any atom is 0.278 e. The zero-order chi connectivity index (χ0) is 23.5. The van der Waals surface area contributed by atoms with Crippen molar-refractivity contribution >= 4 is 27.8 Å². The fraction of sp³-hybridized carbons (Fsp3) is 0.148. The molecule has 0 aliphatic heterocycles. The van der Waals surface area contributed by atoms with Crippen molar-refractivity contribution in [2.45, 2.75) is 19.5 Å². The Morgan fingerprint density at radius 3 is 2.38 bits per heavy atom. The van der Waals surface area contributed by atoms with E-state index in [2.05, 4.69) is 10.3 Å². The van der Waals surface area contributed by atoms with Crippen LogP contribution in [-0.2, 0) is 24.3 Å². The van der Waals surface area contributed by atoms with Gasteiger partial charge in [-0.3, -0.25) is 14.2 Å². The van der Waals surface area contributed by atoms with Gasteiger partial charge in [-0.1, -0.05) is 60.7 Å². The summed E-state index contributed by atoms with van der Waals surface area (Å²) in [6.07, 6.45) is 2.18. The van der Waals surface area contributed by atoms with Gasteiger partial charge in [0.2, 0.25) is 5.91 Å². The van der Waals surface area contributed by atoms with E-state index in [1.807, 2.05) is 60.7 Å². The first-order valence-corrected chi connectivity index (χ1v) is 11.1. The smallest absolute Gasteiger partial charge is 0.278 e. The third-order valence-electron chi connectivity index (χ3n) is 5.86. The molecule has 0 saturated carbocycles. The van der Waals surface area contributed by atoms with Crippen LogP contribution in [0.15, 0.2) is 90.0 Å². The molecule has 0 bridgehead atoms. The van der Waals surface area contributed by atoms with Gasteiger partial charge >= 0.3 is 0 Å². The summed E-state index contributed by atoms with van der Waals surface area (Å²) in [5.41, 5.74) is 3.08. The summed E-state index contributed by atoms with van der Waals surface area (Å²) < 4.78 is 17.2. The molecule has 0 fully saturated rings. The van der Waals surface area contributed by atoms with Gasteiger partial charge in [-0.05, 0) is 35.7 Å². The SMILES string of the molecule is O=C(Cn1c2ccc(F)cc2c2ncn(Cc3ccccc3)c(=O)c21)NCCc1ccccc1. The number of fused-ring (bicyclic) bond motifs is 3. The second-order valence-electron chi connectivity index (χ2n) is 8.19. The Morgan fingerprint density at radius 2 is 1.65 bits per heavy atom. The minimum Gasteiger partial charge on any atom is -0.354 e. The third kappa shape index (κ3) is 4.32. The molecular formula is C27H23FN4O2. The monoisotopic (exact) mass is 454 g/mol. The summed E-state index contributed by atoms with van der Waals surface area (Å²) in [4.78, 5) is 30.8. The van der Waals surface area contributed by atoms with E-state index in [1.54, 1.807) is 10.6 Å². The number of carbonyl (C=O) groups is 1. The van der Waals surface area contributed by atoms with Crippen molar-refractivity contribution in [3.63, 3.8) is 0 Å². The van der Waals surface area contributed by atoms with E-state index in [9.17, 15) is 14.0 Å². The molecule has 2 aromatic heterocycles. The van der Waals surface area contributed by atoms with Crippen LogP contribution >= 0.6 is 0 Å². The van der Waals surface area contributed by atoms with E-state index in [-0.39, 0.29) is 23.5 Å². The largest absolute Gasteiger partial charge is 0.354 e. The molecule has 0 unspecified atom stereocenters. The number of hydrogen-bond acceptors (Lipinski definition) is 3. The molecule has 0 atom stereocenters. The zero-order valence-electron chi connectivity index (χ0n) is 18.4. The van der Waals surface area contributed by atoms with Gasteiger partial charge in [0.05, 0.1) is 18.4 Å². The van der Waals surface area contributed by atoms with Gasteiger partial charge in [0, 0.05) is 11.9 Å². The van der Waals surface area contributed by atoms with Crippen LogP contribution in [-0.4, -0.2) is 26.6 Å². The van der Waals surface area contributed by atoms with Crippen LogP contribution in [0.1, 0.15) is 11.1 Å². The molecule has 0 aliphatic rings. The van der Waals surface area contributed by atoms with E-state index in [4.69, 9.17) is 0 Å². The normalized spacial score (nSPS) is 11.2. The van der Waals surface area contributed by atoms with Crippen LogP contribution in [0, 0.1) is 5.82 Å². The maximum absolute atomic E-state index is 14.0. The molecule has 6 nitrogen and oxygen atoms in total. The lowest BCUT2D eigenvalue weighted by atomic mass is 10.1. The van der Waals surface area contributed by atoms with Gasteiger partial charge in [0.15, 0.2) is 0 Å². The molecule has 5 aromatic rings. The minimum absolute atomic E-state index is 0.0628. The fourth-order valence-corrected chi connectivity index (χ4v) is 4.22. The van der Waals surface area contributed by atoms with Crippen LogP contribution in [0.3, 0.4) is 0 Å². The average molecular weight is 455 g/mol. The van der Waals surface area contributed by atoms with Crippen molar-refractivity contribution in [3.05, 3.63) is 112 Å². The van der Waals surface area contributed by atoms with Gasteiger partial charge in [-0.2, -0.15) is 0 Å². The van der Waals surface area contributed by atoms with Gasteiger partial charge in [0.25, 0.3) is 5.56 Å². The van der Waals surface area contributed by atoms with E-state index in [1.165, 1.54) is 23.0 Å². The minimum atomic E-state index is -0.422. The lowest BCUT2D eigenvalue weighted by Gasteiger charge is -2.10. The van der Waals surface area contributed by atoms with Crippen molar-refractivity contribution < 1.29 is 9.18 Å². The zero-order valence-corrected chi connectivity index (χ0v) is 18.4. The summed E-state index contributed by atoms with van der Waals surface area (Å²) in [6, 6.07) is 23.8. The molecule has 0 aliphatic carbocycles. The van der Waals surface area contributed by atoms with Crippen molar-refractivity contribution in [3.8, 4) is 0 Å². The molecule has 1 N–H and O–H groups in total. The van der Waals surface area contributed by atoms with Crippen molar-refractivity contribution in [1.29, 1.82) is 0 Å². The average Bonchev–Trinajstić information content (AvgIpc) is 3.15. The molecule has 0 radical (unpaired) electrons. The molecule has 1 amide bonds. The van der Waals surface area contributed by atoms with E-state index in [0.29, 0.717) is 35.9 Å². The number of benzene rings is 3. The predicted octanol–water partition coefficient (Wildman–Crippen LogP) is 3.90. The summed E-state index contributed by atoms with van der Waals surface area (Å²) >= 11 is 0. The number of nitrogens with zero attached hydrogens (tertiary/aromatic N) is 3. The number of halogens is 1. The Balaban J connectivity index is 1.49. The molecule has 3 aromatic carbocycles. The summed E-state index contributed by atoms with van der Waals surface area (Å²) in [6.45, 7) is 0.763. The lowest BCUT2D eigenvalue weighted by molar-refractivity contribution is -0.121. The van der Waals surface area contributed by atoms with Gasteiger partial charge in [-0.25, -0.2) is 9.37 Å². The lowest BCUT2D eigenvalue weighted by Crippen LogP contribution is -2.30. The molecule has 7 heteroatoms. The number of aromatic nitrogens is 3. The Morgan fingerprint density at radius 1 is 0.941 bits per heavy atom. The molecule has 0 saturated heterocycles. The molecule has 2 heterocycles. The highest BCUT2D eigenvalue weighted by atomic mass is 19.1. The van der Waals surface area contributed by atoms with Crippen molar-refractivity contribution in [2.24, 2.45) is 0 Å². The highest BCUT2D eigenvalue weighted by Gasteiger charge is 2.19. The van der Waals surface area contributed by atoms with Crippen LogP contribution in [0.5, 0.6) is 0 Å². The first-order valence-electron chi connectivity index (χ1n) is 11.1. The van der Waals surface area contributed by atoms with Gasteiger partial charge < -0.3 is 9.88 Å². The van der Waals surface area contributed by atoms with Crippen LogP contribution < -0.4 is 10.9 Å². The maximum atomic E-state index is 14.0. The summed E-state index contributed by atoms with van der Waals surface area (Å²) in [7, 11) is 0. The topological polar surface area (TPSA) is 68.9 Å². The van der Waals surface area contributed by atoms with E-state index in [0.717, 1.165) is 11.1 Å². The van der Waals surface area contributed by atoms with Crippen LogP contribution in [0.2, 0.25) is 0 Å². The number of hydrogen-bond donors (Lipinski definition) is 1. The third-order valence-corrected chi connectivity index (χ3v) is 5.86. The Bertz CT molecular complexity index is 1530. The molecule has 5 rings (SSSR count). The molecule has 0 spiro atoms. The fourth-order valence-electron chi connectivity index (χ4n) is 4.22. The predicted molar refractivity (Wildman–Crippen MR) is 130 cm³/mol. The summed E-state index contributed by atoms with van der Waals surface area (Å²) in [5.74, 6) is -0.647. The number of carbonyl (C=O) groups excluding carboxylic acids is 1. The van der Waals surface area contributed by atoms with Crippen LogP contribution in [0.25, 0.3) is 21.9 Å². The molecule has 34 heavy (non-hydrogen) atoms. The second kappa shape index (κ2) is 9.31. The Kier molecular flexibility index (Phi) is 5.91. The van der Waals surface area contributed by atoms with Gasteiger partial charge in [0.1, 0.15) is 23.4 Å². The Hall–Kier alpha value is -4.26. The molecule has 170 valence electrons. The second-order valence-corrected chi connectivity index (χ2v) is 8.19. The van der Waals surface area contributed by atoms with Gasteiger partial charge in [-0.15, -0.1) is 0 Å². The highest BCUT2D eigenvalue weighted by molar-refractivity contribution is 6.06. The van der Waals surface area contributed by atoms with E-state index >= 15 is 0 Å². The number of nitrogens with one attached hydrogen (secondary N) is 1. The first kappa shape index (κ1) is 21.6. The molecular weight excluding hydrogens is 431 g/mol. The highest BCUT2D eigenvalue weighted by Crippen LogP contribution is 2.26.